The maximum Gasteiger partial charge on any atom is 0.0784 e. The smallest absolute Gasteiger partial charge is 0.0784 e. The second kappa shape index (κ2) is 19.2. The van der Waals surface area contributed by atoms with Crippen molar-refractivity contribution < 1.29 is 4.48 Å². The number of alkyl halides is 1. The summed E-state index contributed by atoms with van der Waals surface area (Å²) in [5, 5.41) is 1.18. The van der Waals surface area contributed by atoms with E-state index in [0.717, 1.165) is 0 Å². The second-order valence-electron chi connectivity index (χ2n) is 8.43. The number of rotatable bonds is 20. The maximum absolute atomic E-state index is 3.56. The third kappa shape index (κ3) is 17.6. The van der Waals surface area contributed by atoms with E-state index in [1.165, 1.54) is 132 Å². The van der Waals surface area contributed by atoms with Crippen molar-refractivity contribution in [2.24, 2.45) is 0 Å². The van der Waals surface area contributed by atoms with Crippen molar-refractivity contribution in [2.45, 2.75) is 117 Å². The van der Waals surface area contributed by atoms with Gasteiger partial charge in [-0.05, 0) is 44.9 Å². The van der Waals surface area contributed by atoms with E-state index in [9.17, 15) is 0 Å². The zero-order valence-electron chi connectivity index (χ0n) is 18.0. The molecule has 0 aromatic carbocycles. The highest BCUT2D eigenvalue weighted by atomic mass is 79.9. The van der Waals surface area contributed by atoms with Crippen LogP contribution >= 0.6 is 15.9 Å². The minimum atomic E-state index is 1.18. The van der Waals surface area contributed by atoms with Gasteiger partial charge in [0.2, 0.25) is 0 Å². The lowest BCUT2D eigenvalue weighted by atomic mass is 10.1. The summed E-state index contributed by atoms with van der Waals surface area (Å²) in [5.41, 5.74) is 0. The molecule has 0 saturated carbocycles. The monoisotopic (exact) mass is 418 g/mol. The summed E-state index contributed by atoms with van der Waals surface area (Å²) in [5.74, 6) is 0. The summed E-state index contributed by atoms with van der Waals surface area (Å²) in [6, 6.07) is 0. The van der Waals surface area contributed by atoms with Crippen LogP contribution in [0.5, 0.6) is 0 Å². The van der Waals surface area contributed by atoms with Gasteiger partial charge in [-0.1, -0.05) is 87.6 Å². The van der Waals surface area contributed by atoms with Gasteiger partial charge in [0, 0.05) is 5.33 Å². The van der Waals surface area contributed by atoms with E-state index < -0.39 is 0 Å². The summed E-state index contributed by atoms with van der Waals surface area (Å²) in [6.45, 7) is 8.86. The van der Waals surface area contributed by atoms with E-state index in [0.29, 0.717) is 0 Å². The van der Waals surface area contributed by atoms with Crippen LogP contribution in [0, 0.1) is 0 Å². The molecule has 0 aliphatic rings. The molecular weight excluding hydrogens is 370 g/mol. The molecule has 152 valence electrons. The molecule has 0 rings (SSSR count). The van der Waals surface area contributed by atoms with E-state index in [-0.39, 0.29) is 0 Å². The summed E-state index contributed by atoms with van der Waals surface area (Å²) in [7, 11) is 2.54. The van der Waals surface area contributed by atoms with Gasteiger partial charge in [0.25, 0.3) is 0 Å². The summed E-state index contributed by atoms with van der Waals surface area (Å²) in [6.07, 6.45) is 22.8. The van der Waals surface area contributed by atoms with Crippen molar-refractivity contribution in [3.63, 3.8) is 0 Å². The number of quaternary nitrogens is 1. The Kier molecular flexibility index (Phi) is 19.5. The van der Waals surface area contributed by atoms with Crippen molar-refractivity contribution in [3.8, 4) is 0 Å². The van der Waals surface area contributed by atoms with Crippen LogP contribution in [0.4, 0.5) is 0 Å². The normalized spacial score (nSPS) is 12.0. The first-order valence-electron chi connectivity index (χ1n) is 11.6. The Hall–Kier alpha value is 0.440. The van der Waals surface area contributed by atoms with Crippen molar-refractivity contribution in [1.82, 2.24) is 0 Å². The lowest BCUT2D eigenvalue weighted by molar-refractivity contribution is -0.910. The van der Waals surface area contributed by atoms with Crippen molar-refractivity contribution in [2.75, 3.05) is 32.0 Å². The quantitative estimate of drug-likeness (QED) is 0.106. The third-order valence-corrected chi connectivity index (χ3v) is 6.25. The van der Waals surface area contributed by atoms with Crippen LogP contribution in [0.3, 0.4) is 0 Å². The number of unbranched alkanes of at least 4 members (excludes halogenated alkanes) is 13. The number of nitrogens with zero attached hydrogens (tertiary/aromatic N) is 1. The highest BCUT2D eigenvalue weighted by Gasteiger charge is 2.20. The average molecular weight is 420 g/mol. The zero-order chi connectivity index (χ0) is 18.6. The summed E-state index contributed by atoms with van der Waals surface area (Å²) in [4.78, 5) is 0. The van der Waals surface area contributed by atoms with Crippen LogP contribution in [0.1, 0.15) is 117 Å². The zero-order valence-corrected chi connectivity index (χ0v) is 19.6. The summed E-state index contributed by atoms with van der Waals surface area (Å²) >= 11 is 3.56. The fourth-order valence-corrected chi connectivity index (χ4v) is 4.22. The average Bonchev–Trinajstić information content (AvgIpc) is 2.61. The van der Waals surface area contributed by atoms with Crippen molar-refractivity contribution >= 4 is 15.9 Å². The first kappa shape index (κ1) is 25.4. The van der Waals surface area contributed by atoms with E-state index >= 15 is 0 Å². The van der Waals surface area contributed by atoms with Crippen LogP contribution in [0.25, 0.3) is 0 Å². The number of hydrogen-bond acceptors (Lipinski definition) is 0. The lowest BCUT2D eigenvalue weighted by Crippen LogP contribution is -2.46. The Bertz CT molecular complexity index is 238. The molecule has 0 atom stereocenters. The highest BCUT2D eigenvalue weighted by molar-refractivity contribution is 9.09. The molecular formula is C23H49BrN+. The molecule has 0 aliphatic heterocycles. The molecule has 0 radical (unpaired) electrons. The SMILES string of the molecule is CCCCCCCC[N+](C)(CCCCCCBr)CCCCCCCC. The largest absolute Gasteiger partial charge is 0.326 e. The Morgan fingerprint density at radius 1 is 0.480 bits per heavy atom. The molecule has 0 fully saturated rings. The molecule has 0 heterocycles. The second-order valence-corrected chi connectivity index (χ2v) is 9.22. The van der Waals surface area contributed by atoms with Gasteiger partial charge in [-0.15, -0.1) is 0 Å². The molecule has 0 bridgehead atoms. The highest BCUT2D eigenvalue weighted by Crippen LogP contribution is 2.16. The first-order valence-corrected chi connectivity index (χ1v) is 12.7. The van der Waals surface area contributed by atoms with Gasteiger partial charge in [0.05, 0.1) is 26.7 Å². The topological polar surface area (TPSA) is 0 Å². The number of halogens is 1. The standard InChI is InChI=1S/C23H49BrN/c1-4-6-8-10-13-17-21-25(3,23-19-15-12-16-20-24)22-18-14-11-9-7-5-2/h4-23H2,1-3H3/q+1. The minimum Gasteiger partial charge on any atom is -0.326 e. The van der Waals surface area contributed by atoms with E-state index in [4.69, 9.17) is 0 Å². The van der Waals surface area contributed by atoms with Crippen molar-refractivity contribution in [3.05, 3.63) is 0 Å². The predicted octanol–water partition coefficient (Wildman–Crippen LogP) is 8.11. The molecule has 0 amide bonds. The molecule has 0 aromatic heterocycles. The maximum atomic E-state index is 3.56. The fourth-order valence-electron chi connectivity index (χ4n) is 3.82. The summed E-state index contributed by atoms with van der Waals surface area (Å²) < 4.78 is 1.34. The number of hydrogen-bond donors (Lipinski definition) is 0. The molecule has 25 heavy (non-hydrogen) atoms. The van der Waals surface area contributed by atoms with Crippen LogP contribution in [0.15, 0.2) is 0 Å². The molecule has 2 heteroatoms. The van der Waals surface area contributed by atoms with E-state index in [1.807, 2.05) is 0 Å². The minimum absolute atomic E-state index is 1.18. The Morgan fingerprint density at radius 3 is 1.16 bits per heavy atom. The van der Waals surface area contributed by atoms with Crippen LogP contribution in [0.2, 0.25) is 0 Å². The molecule has 0 aromatic rings. The van der Waals surface area contributed by atoms with Crippen molar-refractivity contribution in [1.29, 1.82) is 0 Å². The molecule has 0 unspecified atom stereocenters. The van der Waals surface area contributed by atoms with E-state index in [2.05, 4.69) is 36.8 Å². The lowest BCUT2D eigenvalue weighted by Gasteiger charge is -2.35. The Morgan fingerprint density at radius 2 is 0.800 bits per heavy atom. The van der Waals surface area contributed by atoms with Gasteiger partial charge in [-0.3, -0.25) is 0 Å². The third-order valence-electron chi connectivity index (χ3n) is 5.68. The van der Waals surface area contributed by atoms with Crippen LogP contribution in [-0.2, 0) is 0 Å². The first-order chi connectivity index (χ1) is 12.2. The van der Waals surface area contributed by atoms with Gasteiger partial charge in [-0.2, -0.15) is 0 Å². The molecule has 0 N–H and O–H groups in total. The molecule has 0 saturated heterocycles. The Balaban J connectivity index is 4.01. The Labute approximate surface area is 169 Å². The van der Waals surface area contributed by atoms with Gasteiger partial charge in [0.1, 0.15) is 0 Å². The van der Waals surface area contributed by atoms with Gasteiger partial charge < -0.3 is 4.48 Å². The molecule has 1 nitrogen and oxygen atoms in total. The molecule has 0 spiro atoms. The van der Waals surface area contributed by atoms with Crippen LogP contribution in [-0.4, -0.2) is 36.5 Å². The predicted molar refractivity (Wildman–Crippen MR) is 120 cm³/mol. The van der Waals surface area contributed by atoms with Crippen LogP contribution < -0.4 is 0 Å². The van der Waals surface area contributed by atoms with E-state index in [1.54, 1.807) is 0 Å². The molecule has 0 aliphatic carbocycles. The van der Waals surface area contributed by atoms with Gasteiger partial charge in [0.15, 0.2) is 0 Å². The van der Waals surface area contributed by atoms with Gasteiger partial charge in [-0.25, -0.2) is 0 Å². The fraction of sp³-hybridized carbons (Fsp3) is 1.00. The van der Waals surface area contributed by atoms with Gasteiger partial charge >= 0.3 is 0 Å².